The lowest BCUT2D eigenvalue weighted by Gasteiger charge is -2.26. The molecule has 2 fully saturated rings. The zero-order chi connectivity index (χ0) is 28.1. The minimum absolute atomic E-state index is 0.0538. The van der Waals surface area contributed by atoms with Crippen molar-refractivity contribution >= 4 is 38.4 Å². The Morgan fingerprint density at radius 1 is 1.23 bits per heavy atom. The average Bonchev–Trinajstić information content (AvgIpc) is 3.62. The summed E-state index contributed by atoms with van der Waals surface area (Å²) in [6.07, 6.45) is 4.95. The van der Waals surface area contributed by atoms with E-state index in [1.807, 2.05) is 0 Å². The van der Waals surface area contributed by atoms with Gasteiger partial charge in [-0.3, -0.25) is 4.79 Å². The molecule has 2 aromatic carbocycles. The predicted molar refractivity (Wildman–Crippen MR) is 148 cm³/mol. The van der Waals surface area contributed by atoms with Gasteiger partial charge in [-0.1, -0.05) is 47.9 Å². The Labute approximate surface area is 234 Å². The fraction of sp³-hybridized carbons (Fsp3) is 0.250. The number of nitrogens with zero attached hydrogens (tertiary/aromatic N) is 3. The summed E-state index contributed by atoms with van der Waals surface area (Å²) in [6, 6.07) is 17.0. The Hall–Kier alpha value is -3.79. The van der Waals surface area contributed by atoms with E-state index in [0.717, 1.165) is 0 Å². The van der Waals surface area contributed by atoms with Crippen molar-refractivity contribution in [3.05, 3.63) is 71.2 Å². The number of aliphatic hydroxyl groups excluding tert-OH is 1. The number of amides is 1. The number of pyridine rings is 1. The number of terminal acetylenes is 1. The molecule has 0 radical (unpaired) electrons. The minimum Gasteiger partial charge on any atom is -0.455 e. The van der Waals surface area contributed by atoms with Gasteiger partial charge in [0, 0.05) is 22.3 Å². The standard InChI is InChI=1S/C28H23ClN4O6S/c1-3-28-22(15-37-24(28)21(34)14-38-28)39-27-30-20-13-19(29)23(31-25(20)32-27)16-9-11-17(12-10-16)26(35)33-40(2,36)18-7-5-4-6-8-18/h1,4-13,21-22,24,34H,14-15H2,2H3,(H,30,31,32)/t21-,22-,24-,28?,40-/m1/s1. The van der Waals surface area contributed by atoms with Crippen LogP contribution in [0.3, 0.4) is 0 Å². The average molecular weight is 579 g/mol. The van der Waals surface area contributed by atoms with Crippen molar-refractivity contribution in [3.63, 3.8) is 0 Å². The zero-order valence-electron chi connectivity index (χ0n) is 21.1. The Balaban J connectivity index is 1.24. The van der Waals surface area contributed by atoms with Crippen LogP contribution in [0.4, 0.5) is 0 Å². The highest BCUT2D eigenvalue weighted by molar-refractivity contribution is 7.93. The SMILES string of the molecule is C#CC12OC[C@@H](O)[C@H]1OC[C@H]2Oc1nc2nc(-c3ccc(C(=O)N=[S@](C)(=O)c4ccccc4)cc3)c(Cl)cc2[nH]1. The first-order valence-corrected chi connectivity index (χ1v) is 14.6. The number of halogens is 1. The molecular weight excluding hydrogens is 556 g/mol. The first-order valence-electron chi connectivity index (χ1n) is 12.3. The summed E-state index contributed by atoms with van der Waals surface area (Å²) >= 11 is 6.54. The number of H-pyrrole nitrogens is 1. The second kappa shape index (κ2) is 9.99. The molecule has 4 heterocycles. The molecule has 12 heteroatoms. The Kier molecular flexibility index (Phi) is 6.60. The Bertz CT molecular complexity index is 1780. The van der Waals surface area contributed by atoms with E-state index in [-0.39, 0.29) is 24.8 Å². The number of aromatic nitrogens is 3. The van der Waals surface area contributed by atoms with Gasteiger partial charge >= 0.3 is 0 Å². The predicted octanol–water partition coefficient (Wildman–Crippen LogP) is 3.48. The highest BCUT2D eigenvalue weighted by atomic mass is 35.5. The van der Waals surface area contributed by atoms with Gasteiger partial charge in [-0.25, -0.2) is 9.19 Å². The number of imidazole rings is 1. The summed E-state index contributed by atoms with van der Waals surface area (Å²) in [5, 5.41) is 10.5. The van der Waals surface area contributed by atoms with E-state index in [1.54, 1.807) is 60.7 Å². The fourth-order valence-corrected chi connectivity index (χ4v) is 6.29. The van der Waals surface area contributed by atoms with E-state index in [4.69, 9.17) is 32.2 Å². The molecule has 2 aliphatic heterocycles. The van der Waals surface area contributed by atoms with Crippen LogP contribution in [0.2, 0.25) is 5.02 Å². The maximum atomic E-state index is 13.0. The van der Waals surface area contributed by atoms with Gasteiger partial charge in [0.2, 0.25) is 0 Å². The number of aromatic amines is 1. The third-order valence-corrected chi connectivity index (χ3v) is 8.85. The molecule has 6 rings (SSSR count). The van der Waals surface area contributed by atoms with Crippen molar-refractivity contribution in [2.24, 2.45) is 4.36 Å². The molecule has 4 aromatic rings. The van der Waals surface area contributed by atoms with Crippen molar-refractivity contribution in [1.82, 2.24) is 15.0 Å². The highest BCUT2D eigenvalue weighted by Crippen LogP contribution is 2.39. The second-order valence-electron chi connectivity index (χ2n) is 9.50. The fourth-order valence-electron chi connectivity index (χ4n) is 4.84. The molecule has 2 aliphatic rings. The maximum absolute atomic E-state index is 13.0. The van der Waals surface area contributed by atoms with Crippen molar-refractivity contribution in [1.29, 1.82) is 0 Å². The number of benzene rings is 2. The van der Waals surface area contributed by atoms with Crippen LogP contribution in [0.15, 0.2) is 69.9 Å². The summed E-state index contributed by atoms with van der Waals surface area (Å²) in [5.74, 6) is 2.00. The molecular formula is C28H23ClN4O6S. The smallest absolute Gasteiger partial charge is 0.296 e. The number of nitrogens with one attached hydrogen (secondary N) is 1. The minimum atomic E-state index is -2.89. The summed E-state index contributed by atoms with van der Waals surface area (Å²) < 4.78 is 34.3. The molecule has 0 aliphatic carbocycles. The topological polar surface area (TPSA) is 136 Å². The van der Waals surface area contributed by atoms with Crippen LogP contribution >= 0.6 is 11.6 Å². The molecule has 1 unspecified atom stereocenters. The molecule has 2 aromatic heterocycles. The third kappa shape index (κ3) is 4.54. The molecule has 204 valence electrons. The van der Waals surface area contributed by atoms with E-state index in [0.29, 0.717) is 32.3 Å². The Morgan fingerprint density at radius 3 is 2.70 bits per heavy atom. The normalized spacial score (nSPS) is 25.2. The number of hydrogen-bond acceptors (Lipinski definition) is 8. The van der Waals surface area contributed by atoms with Gasteiger partial charge < -0.3 is 24.3 Å². The van der Waals surface area contributed by atoms with Crippen molar-refractivity contribution in [3.8, 4) is 29.6 Å². The van der Waals surface area contributed by atoms with Gasteiger partial charge in [-0.15, -0.1) is 6.42 Å². The number of carbonyl (C=O) groups excluding carboxylic acids is 1. The molecule has 40 heavy (non-hydrogen) atoms. The van der Waals surface area contributed by atoms with Crippen LogP contribution in [0.1, 0.15) is 10.4 Å². The molecule has 5 atom stereocenters. The number of ether oxygens (including phenoxy) is 3. The number of fused-ring (bicyclic) bond motifs is 2. The summed E-state index contributed by atoms with van der Waals surface area (Å²) in [7, 11) is -2.89. The summed E-state index contributed by atoms with van der Waals surface area (Å²) in [4.78, 5) is 25.3. The van der Waals surface area contributed by atoms with Crippen LogP contribution in [0, 0.1) is 12.3 Å². The van der Waals surface area contributed by atoms with Crippen LogP contribution in [0.25, 0.3) is 22.4 Å². The molecule has 2 N–H and O–H groups in total. The van der Waals surface area contributed by atoms with Gasteiger partial charge in [0.1, 0.15) is 12.2 Å². The van der Waals surface area contributed by atoms with Crippen molar-refractivity contribution in [2.75, 3.05) is 19.5 Å². The molecule has 2 saturated heterocycles. The second-order valence-corrected chi connectivity index (χ2v) is 12.2. The first kappa shape index (κ1) is 26.4. The van der Waals surface area contributed by atoms with Gasteiger partial charge in [0.15, 0.2) is 17.4 Å². The van der Waals surface area contributed by atoms with E-state index < -0.39 is 39.5 Å². The molecule has 0 saturated carbocycles. The lowest BCUT2D eigenvalue weighted by Crippen LogP contribution is -2.48. The van der Waals surface area contributed by atoms with Crippen LogP contribution in [-0.2, 0) is 19.2 Å². The maximum Gasteiger partial charge on any atom is 0.296 e. The third-order valence-electron chi connectivity index (χ3n) is 6.90. The number of carbonyl (C=O) groups is 1. The van der Waals surface area contributed by atoms with E-state index in [9.17, 15) is 14.1 Å². The van der Waals surface area contributed by atoms with E-state index in [2.05, 4.69) is 25.2 Å². The largest absolute Gasteiger partial charge is 0.455 e. The molecule has 0 bridgehead atoms. The highest BCUT2D eigenvalue weighted by Gasteiger charge is 2.61. The van der Waals surface area contributed by atoms with Crippen molar-refractivity contribution < 1.29 is 28.3 Å². The number of hydrogen-bond donors (Lipinski definition) is 2. The van der Waals surface area contributed by atoms with Gasteiger partial charge in [-0.2, -0.15) is 9.35 Å². The van der Waals surface area contributed by atoms with Crippen molar-refractivity contribution in [2.45, 2.75) is 28.8 Å². The number of rotatable bonds is 5. The Morgan fingerprint density at radius 2 is 1.98 bits per heavy atom. The van der Waals surface area contributed by atoms with Gasteiger partial charge in [0.05, 0.1) is 39.2 Å². The zero-order valence-corrected chi connectivity index (χ0v) is 22.7. The van der Waals surface area contributed by atoms with Crippen LogP contribution in [-0.4, -0.2) is 73.6 Å². The first-order chi connectivity index (χ1) is 19.2. The lowest BCUT2D eigenvalue weighted by atomic mass is 9.93. The van der Waals surface area contributed by atoms with E-state index >= 15 is 0 Å². The quantitative estimate of drug-likeness (QED) is 0.344. The lowest BCUT2D eigenvalue weighted by molar-refractivity contribution is -0.0252. The van der Waals surface area contributed by atoms with Crippen LogP contribution in [0.5, 0.6) is 6.01 Å². The van der Waals surface area contributed by atoms with Gasteiger partial charge in [-0.05, 0) is 30.3 Å². The molecule has 0 spiro atoms. The summed E-state index contributed by atoms with van der Waals surface area (Å²) in [6.45, 7) is 0.177. The molecule has 1 amide bonds. The summed E-state index contributed by atoms with van der Waals surface area (Å²) in [5.41, 5.74) is 1.02. The number of aliphatic hydroxyl groups is 1. The molecule has 10 nitrogen and oxygen atoms in total. The van der Waals surface area contributed by atoms with Crippen LogP contribution < -0.4 is 4.74 Å². The van der Waals surface area contributed by atoms with Gasteiger partial charge in [0.25, 0.3) is 11.9 Å². The van der Waals surface area contributed by atoms with E-state index in [1.165, 1.54) is 6.26 Å². The monoisotopic (exact) mass is 578 g/mol.